The van der Waals surface area contributed by atoms with E-state index >= 15 is 0 Å². The van der Waals surface area contributed by atoms with E-state index in [1.54, 1.807) is 0 Å². The van der Waals surface area contributed by atoms with Crippen LogP contribution in [-0.4, -0.2) is 27.0 Å². The van der Waals surface area contributed by atoms with Gasteiger partial charge in [0, 0.05) is 0 Å². The summed E-state index contributed by atoms with van der Waals surface area (Å²) in [5.41, 5.74) is 3.57. The number of hydrogen-bond acceptors (Lipinski definition) is 6. The standard InChI is InChI=1S/C18H17N5O2/c1-11-2-4-12(5-3-11)15-9-14(19-18-20-21-22-23(15)18)13-6-7-16-17(8-13)25-10-24-16/h2-8,14-15H,9-10H2,1H3,(H,19,20,22)/t14-,15-/m0/s1. The zero-order chi connectivity index (χ0) is 16.8. The van der Waals surface area contributed by atoms with Crippen molar-refractivity contribution in [3.63, 3.8) is 0 Å². The van der Waals surface area contributed by atoms with Crippen molar-refractivity contribution in [3.8, 4) is 11.5 Å². The van der Waals surface area contributed by atoms with Crippen molar-refractivity contribution in [1.29, 1.82) is 0 Å². The van der Waals surface area contributed by atoms with Crippen molar-refractivity contribution >= 4 is 5.95 Å². The first-order chi connectivity index (χ1) is 12.3. The number of tetrazole rings is 1. The summed E-state index contributed by atoms with van der Waals surface area (Å²) in [6.45, 7) is 2.37. The van der Waals surface area contributed by atoms with E-state index in [1.165, 1.54) is 11.1 Å². The maximum atomic E-state index is 5.51. The molecule has 7 heteroatoms. The second-order valence-corrected chi connectivity index (χ2v) is 6.42. The molecule has 0 aliphatic carbocycles. The molecule has 3 heterocycles. The summed E-state index contributed by atoms with van der Waals surface area (Å²) in [5.74, 6) is 2.26. The number of nitrogens with zero attached hydrogens (tertiary/aromatic N) is 4. The van der Waals surface area contributed by atoms with Gasteiger partial charge < -0.3 is 14.8 Å². The number of rotatable bonds is 2. The second-order valence-electron chi connectivity index (χ2n) is 6.42. The molecule has 0 bridgehead atoms. The van der Waals surface area contributed by atoms with Gasteiger partial charge in [-0.25, -0.2) is 4.68 Å². The van der Waals surface area contributed by atoms with Crippen LogP contribution in [0, 0.1) is 6.92 Å². The predicted octanol–water partition coefficient (Wildman–Crippen LogP) is 2.86. The van der Waals surface area contributed by atoms with E-state index in [9.17, 15) is 0 Å². The van der Waals surface area contributed by atoms with E-state index < -0.39 is 0 Å². The average molecular weight is 335 g/mol. The van der Waals surface area contributed by atoms with Gasteiger partial charge >= 0.3 is 0 Å². The third-order valence-corrected chi connectivity index (χ3v) is 4.81. The quantitative estimate of drug-likeness (QED) is 0.776. The van der Waals surface area contributed by atoms with Gasteiger partial charge in [0.15, 0.2) is 11.5 Å². The summed E-state index contributed by atoms with van der Waals surface area (Å²) < 4.78 is 12.8. The number of ether oxygens (including phenoxy) is 2. The Hall–Kier alpha value is -3.09. The van der Waals surface area contributed by atoms with Gasteiger partial charge in [0.25, 0.3) is 0 Å². The van der Waals surface area contributed by atoms with E-state index in [0.717, 1.165) is 23.5 Å². The van der Waals surface area contributed by atoms with Crippen molar-refractivity contribution in [2.75, 3.05) is 12.1 Å². The number of anilines is 1. The number of nitrogens with one attached hydrogen (secondary N) is 1. The Kier molecular flexibility index (Phi) is 3.12. The van der Waals surface area contributed by atoms with Crippen LogP contribution in [0.1, 0.15) is 35.2 Å². The average Bonchev–Trinajstić information content (AvgIpc) is 3.29. The van der Waals surface area contributed by atoms with E-state index in [2.05, 4.69) is 58.1 Å². The smallest absolute Gasteiger partial charge is 0.243 e. The van der Waals surface area contributed by atoms with Gasteiger partial charge in [-0.3, -0.25) is 0 Å². The van der Waals surface area contributed by atoms with Crippen LogP contribution < -0.4 is 14.8 Å². The van der Waals surface area contributed by atoms with Gasteiger partial charge in [0.1, 0.15) is 0 Å². The third-order valence-electron chi connectivity index (χ3n) is 4.81. The Morgan fingerprint density at radius 2 is 1.84 bits per heavy atom. The van der Waals surface area contributed by atoms with E-state index in [-0.39, 0.29) is 18.9 Å². The highest BCUT2D eigenvalue weighted by Crippen LogP contribution is 2.40. The summed E-state index contributed by atoms with van der Waals surface area (Å²) >= 11 is 0. The highest BCUT2D eigenvalue weighted by atomic mass is 16.7. The lowest BCUT2D eigenvalue weighted by Gasteiger charge is -2.31. The van der Waals surface area contributed by atoms with Crippen molar-refractivity contribution in [2.24, 2.45) is 0 Å². The molecular weight excluding hydrogens is 318 g/mol. The Balaban J connectivity index is 1.52. The molecule has 0 spiro atoms. The highest BCUT2D eigenvalue weighted by Gasteiger charge is 2.31. The number of aromatic nitrogens is 4. The molecular formula is C18H17N5O2. The molecule has 2 atom stereocenters. The molecule has 5 rings (SSSR count). The van der Waals surface area contributed by atoms with Crippen molar-refractivity contribution in [2.45, 2.75) is 25.4 Å². The van der Waals surface area contributed by atoms with Crippen LogP contribution in [0.2, 0.25) is 0 Å². The molecule has 1 N–H and O–H groups in total. The molecule has 25 heavy (non-hydrogen) atoms. The Morgan fingerprint density at radius 3 is 2.72 bits per heavy atom. The summed E-state index contributed by atoms with van der Waals surface area (Å²) in [4.78, 5) is 0. The minimum Gasteiger partial charge on any atom is -0.454 e. The van der Waals surface area contributed by atoms with Gasteiger partial charge in [0.05, 0.1) is 12.1 Å². The molecule has 1 aromatic heterocycles. The Morgan fingerprint density at radius 1 is 1.04 bits per heavy atom. The first-order valence-corrected chi connectivity index (χ1v) is 8.28. The fourth-order valence-corrected chi connectivity index (χ4v) is 3.45. The minimum atomic E-state index is 0.0854. The fraction of sp³-hybridized carbons (Fsp3) is 0.278. The molecule has 2 aliphatic heterocycles. The molecule has 0 unspecified atom stereocenters. The summed E-state index contributed by atoms with van der Waals surface area (Å²) in [6, 6.07) is 14.8. The summed E-state index contributed by atoms with van der Waals surface area (Å²) in [5, 5.41) is 15.6. The SMILES string of the molecule is Cc1ccc([C@@H]2C[C@@H](c3ccc4c(c3)OCO4)Nc3nnnn32)cc1. The van der Waals surface area contributed by atoms with Gasteiger partial charge in [-0.1, -0.05) is 41.0 Å². The van der Waals surface area contributed by atoms with Crippen LogP contribution in [0.15, 0.2) is 42.5 Å². The van der Waals surface area contributed by atoms with E-state index in [0.29, 0.717) is 5.95 Å². The van der Waals surface area contributed by atoms with Crippen LogP contribution in [0.5, 0.6) is 11.5 Å². The van der Waals surface area contributed by atoms with Gasteiger partial charge in [-0.05, 0) is 47.0 Å². The van der Waals surface area contributed by atoms with Gasteiger partial charge in [0.2, 0.25) is 12.7 Å². The van der Waals surface area contributed by atoms with Crippen molar-refractivity contribution in [1.82, 2.24) is 20.2 Å². The van der Waals surface area contributed by atoms with Crippen LogP contribution in [0.3, 0.4) is 0 Å². The highest BCUT2D eigenvalue weighted by molar-refractivity contribution is 5.47. The van der Waals surface area contributed by atoms with E-state index in [1.807, 2.05) is 16.8 Å². The Labute approximate surface area is 144 Å². The molecule has 3 aromatic rings. The second kappa shape index (κ2) is 5.47. The molecule has 2 aliphatic rings. The maximum Gasteiger partial charge on any atom is 0.243 e. The van der Waals surface area contributed by atoms with Crippen molar-refractivity contribution in [3.05, 3.63) is 59.2 Å². The molecule has 126 valence electrons. The minimum absolute atomic E-state index is 0.0854. The summed E-state index contributed by atoms with van der Waals surface area (Å²) in [7, 11) is 0. The van der Waals surface area contributed by atoms with Crippen molar-refractivity contribution < 1.29 is 9.47 Å². The molecule has 0 amide bonds. The van der Waals surface area contributed by atoms with E-state index in [4.69, 9.17) is 9.47 Å². The molecule has 7 nitrogen and oxygen atoms in total. The predicted molar refractivity (Wildman–Crippen MR) is 90.7 cm³/mol. The summed E-state index contributed by atoms with van der Waals surface area (Å²) in [6.07, 6.45) is 0.848. The molecule has 2 aromatic carbocycles. The first-order valence-electron chi connectivity index (χ1n) is 8.28. The third kappa shape index (κ3) is 2.39. The lowest BCUT2D eigenvalue weighted by molar-refractivity contribution is 0.174. The molecule has 0 fully saturated rings. The number of hydrogen-bond donors (Lipinski definition) is 1. The Bertz CT molecular complexity index is 921. The normalized spacial score (nSPS) is 20.8. The number of benzene rings is 2. The van der Waals surface area contributed by atoms with Gasteiger partial charge in [-0.2, -0.15) is 0 Å². The van der Waals surface area contributed by atoms with Crippen LogP contribution in [0.4, 0.5) is 5.95 Å². The monoisotopic (exact) mass is 335 g/mol. The zero-order valence-electron chi connectivity index (χ0n) is 13.7. The topological polar surface area (TPSA) is 74.1 Å². The zero-order valence-corrected chi connectivity index (χ0v) is 13.7. The van der Waals surface area contributed by atoms with Crippen LogP contribution in [-0.2, 0) is 0 Å². The maximum absolute atomic E-state index is 5.51. The molecule has 0 saturated carbocycles. The molecule has 0 saturated heterocycles. The molecule has 0 radical (unpaired) electrons. The van der Waals surface area contributed by atoms with Crippen LogP contribution >= 0.6 is 0 Å². The first kappa shape index (κ1) is 14.3. The largest absolute Gasteiger partial charge is 0.454 e. The number of fused-ring (bicyclic) bond motifs is 2. The van der Waals surface area contributed by atoms with Crippen LogP contribution in [0.25, 0.3) is 0 Å². The number of aryl methyl sites for hydroxylation is 1. The van der Waals surface area contributed by atoms with Gasteiger partial charge in [-0.15, -0.1) is 0 Å². The lowest BCUT2D eigenvalue weighted by Crippen LogP contribution is -2.28. The fourth-order valence-electron chi connectivity index (χ4n) is 3.45. The lowest BCUT2D eigenvalue weighted by atomic mass is 9.93.